The van der Waals surface area contributed by atoms with Crippen molar-refractivity contribution < 1.29 is 31.1 Å². The van der Waals surface area contributed by atoms with Gasteiger partial charge in [-0.2, -0.15) is 18.4 Å². The molecule has 3 aromatic carbocycles. The number of hydrogen-bond acceptors (Lipinski definition) is 5. The van der Waals surface area contributed by atoms with Gasteiger partial charge in [-0.15, -0.1) is 0 Å². The highest BCUT2D eigenvalue weighted by molar-refractivity contribution is 9.09. The largest absolute Gasteiger partial charge is 0.511 e. The second-order valence-corrected chi connectivity index (χ2v) is 10.3. The summed E-state index contributed by atoms with van der Waals surface area (Å²) in [5.41, 5.74) is -2.71. The van der Waals surface area contributed by atoms with Crippen LogP contribution in [-0.4, -0.2) is 31.3 Å². The third-order valence-corrected chi connectivity index (χ3v) is 6.89. The van der Waals surface area contributed by atoms with Crippen molar-refractivity contribution in [3.05, 3.63) is 95.6 Å². The van der Waals surface area contributed by atoms with Gasteiger partial charge in [0, 0.05) is 6.54 Å². The van der Waals surface area contributed by atoms with E-state index in [9.17, 15) is 26.4 Å². The molecule has 0 unspecified atom stereocenters. The Labute approximate surface area is 208 Å². The van der Waals surface area contributed by atoms with E-state index in [4.69, 9.17) is 10.00 Å². The number of carbonyl (C=O) groups is 1. The molecule has 2 atom stereocenters. The highest BCUT2D eigenvalue weighted by Gasteiger charge is 2.46. The van der Waals surface area contributed by atoms with Gasteiger partial charge >= 0.3 is 21.5 Å². The molecule has 0 aromatic heterocycles. The van der Waals surface area contributed by atoms with Crippen LogP contribution in [0.3, 0.4) is 0 Å². The van der Waals surface area contributed by atoms with Crippen LogP contribution in [0, 0.1) is 11.3 Å². The molecule has 0 saturated heterocycles. The fourth-order valence-corrected chi connectivity index (χ4v) is 4.44. The number of sulfonamides is 1. The van der Waals surface area contributed by atoms with Gasteiger partial charge in [0.25, 0.3) is 0 Å². The number of carbonyl (C=O) groups excluding carboxylic acids is 1. The number of nitrogens with one attached hydrogen (secondary N) is 1. The molecule has 0 radical (unpaired) electrons. The third kappa shape index (κ3) is 6.69. The SMILES string of the molecule is N#Cc1ccc(-c2ccc([C@H](OC(=O)c3ccccc3)[C@H](Br)CNS(=O)(=O)C(F)(F)F)cc2)cc1. The fourth-order valence-electron chi connectivity index (χ4n) is 3.09. The van der Waals surface area contributed by atoms with Gasteiger partial charge in [-0.1, -0.05) is 70.5 Å². The molecule has 0 aliphatic heterocycles. The first-order chi connectivity index (χ1) is 16.5. The molecular weight excluding hydrogens is 549 g/mol. The Morgan fingerprint density at radius 1 is 0.971 bits per heavy atom. The van der Waals surface area contributed by atoms with Crippen molar-refractivity contribution in [2.24, 2.45) is 0 Å². The number of nitrogens with zero attached hydrogens (tertiary/aromatic N) is 1. The molecule has 11 heteroatoms. The predicted molar refractivity (Wildman–Crippen MR) is 127 cm³/mol. The zero-order chi connectivity index (χ0) is 25.6. The molecule has 6 nitrogen and oxygen atoms in total. The van der Waals surface area contributed by atoms with Crippen molar-refractivity contribution in [3.63, 3.8) is 0 Å². The monoisotopic (exact) mass is 566 g/mol. The standard InChI is InChI=1S/C24H18BrF3N2O4S/c25-21(15-30-35(32,33)24(26,27)28)22(34-23(31)20-4-2-1-3-5-20)19-12-10-18(11-13-19)17-8-6-16(14-29)7-9-17/h1-13,21-22,30H,15H2/t21-,22+/m1/s1. The predicted octanol–water partition coefficient (Wildman–Crippen LogP) is 5.33. The maximum Gasteiger partial charge on any atom is 0.511 e. The minimum Gasteiger partial charge on any atom is -0.453 e. The van der Waals surface area contributed by atoms with Gasteiger partial charge in [-0.25, -0.2) is 17.9 Å². The Balaban J connectivity index is 1.86. The van der Waals surface area contributed by atoms with Crippen LogP contribution in [0.5, 0.6) is 0 Å². The average molecular weight is 567 g/mol. The first kappa shape index (κ1) is 26.4. The van der Waals surface area contributed by atoms with Gasteiger partial charge in [-0.3, -0.25) is 0 Å². The van der Waals surface area contributed by atoms with Crippen LogP contribution in [0.15, 0.2) is 78.9 Å². The van der Waals surface area contributed by atoms with Gasteiger partial charge in [0.1, 0.15) is 6.10 Å². The van der Waals surface area contributed by atoms with Crippen LogP contribution in [-0.2, 0) is 14.8 Å². The van der Waals surface area contributed by atoms with E-state index in [0.29, 0.717) is 11.1 Å². The first-order valence-corrected chi connectivity index (χ1v) is 12.5. The molecule has 0 spiro atoms. The summed E-state index contributed by atoms with van der Waals surface area (Å²) in [4.78, 5) is 11.6. The van der Waals surface area contributed by atoms with E-state index in [2.05, 4.69) is 15.9 Å². The highest BCUT2D eigenvalue weighted by Crippen LogP contribution is 2.31. The smallest absolute Gasteiger partial charge is 0.453 e. The maximum absolute atomic E-state index is 12.7. The minimum absolute atomic E-state index is 0.224. The highest BCUT2D eigenvalue weighted by atomic mass is 79.9. The van der Waals surface area contributed by atoms with Gasteiger partial charge in [0.2, 0.25) is 0 Å². The number of nitriles is 1. The van der Waals surface area contributed by atoms with Crippen LogP contribution in [0.4, 0.5) is 13.2 Å². The van der Waals surface area contributed by atoms with Crippen LogP contribution in [0.1, 0.15) is 27.6 Å². The summed E-state index contributed by atoms with van der Waals surface area (Å²) < 4.78 is 68.1. The van der Waals surface area contributed by atoms with E-state index in [1.165, 1.54) is 16.9 Å². The second-order valence-electron chi connectivity index (χ2n) is 7.32. The topological polar surface area (TPSA) is 96.3 Å². The van der Waals surface area contributed by atoms with Crippen molar-refractivity contribution in [3.8, 4) is 17.2 Å². The Morgan fingerprint density at radius 3 is 2.03 bits per heavy atom. The number of rotatable bonds is 8. The number of benzene rings is 3. The lowest BCUT2D eigenvalue weighted by atomic mass is 9.99. The molecular formula is C24H18BrF3N2O4S. The summed E-state index contributed by atoms with van der Waals surface area (Å²) in [7, 11) is -5.58. The molecule has 0 heterocycles. The minimum atomic E-state index is -5.58. The molecule has 3 aromatic rings. The van der Waals surface area contributed by atoms with E-state index in [-0.39, 0.29) is 5.56 Å². The van der Waals surface area contributed by atoms with Crippen LogP contribution in [0.25, 0.3) is 11.1 Å². The van der Waals surface area contributed by atoms with E-state index < -0.39 is 39.0 Å². The van der Waals surface area contributed by atoms with Crippen LogP contribution < -0.4 is 4.72 Å². The maximum atomic E-state index is 12.7. The summed E-state index contributed by atoms with van der Waals surface area (Å²) in [5.74, 6) is -0.727. The zero-order valence-electron chi connectivity index (χ0n) is 17.9. The number of alkyl halides is 4. The van der Waals surface area contributed by atoms with Crippen molar-refractivity contribution >= 4 is 31.9 Å². The summed E-state index contributed by atoms with van der Waals surface area (Å²) in [5, 5.41) is 8.94. The van der Waals surface area contributed by atoms with E-state index in [1.807, 2.05) is 6.07 Å². The van der Waals surface area contributed by atoms with Gasteiger partial charge in [-0.05, 0) is 41.0 Å². The van der Waals surface area contributed by atoms with Gasteiger partial charge in [0.05, 0.1) is 22.0 Å². The quantitative estimate of drug-likeness (QED) is 0.294. The molecule has 0 aliphatic carbocycles. The lowest BCUT2D eigenvalue weighted by molar-refractivity contribution is -0.0448. The van der Waals surface area contributed by atoms with Crippen LogP contribution in [0.2, 0.25) is 0 Å². The van der Waals surface area contributed by atoms with Crippen molar-refractivity contribution in [1.29, 1.82) is 5.26 Å². The van der Waals surface area contributed by atoms with Crippen molar-refractivity contribution in [2.75, 3.05) is 6.54 Å². The van der Waals surface area contributed by atoms with Gasteiger partial charge < -0.3 is 4.74 Å². The molecule has 0 saturated carbocycles. The summed E-state index contributed by atoms with van der Waals surface area (Å²) in [6.07, 6.45) is -1.12. The van der Waals surface area contributed by atoms with E-state index in [1.54, 1.807) is 66.7 Å². The number of halogens is 4. The Bertz CT molecular complexity index is 1310. The first-order valence-electron chi connectivity index (χ1n) is 10.1. The molecule has 1 N–H and O–H groups in total. The van der Waals surface area contributed by atoms with Gasteiger partial charge in [0.15, 0.2) is 0 Å². The third-order valence-electron chi connectivity index (χ3n) is 4.93. The average Bonchev–Trinajstić information content (AvgIpc) is 2.86. The molecule has 3 rings (SSSR count). The van der Waals surface area contributed by atoms with E-state index in [0.717, 1.165) is 11.1 Å². The molecule has 0 fully saturated rings. The Hall–Kier alpha value is -3.20. The summed E-state index contributed by atoms with van der Waals surface area (Å²) in [6, 6.07) is 23.6. The van der Waals surface area contributed by atoms with Crippen molar-refractivity contribution in [2.45, 2.75) is 16.4 Å². The van der Waals surface area contributed by atoms with Crippen molar-refractivity contribution in [1.82, 2.24) is 4.72 Å². The molecule has 0 aliphatic rings. The molecule has 0 amide bonds. The van der Waals surface area contributed by atoms with Crippen LogP contribution >= 0.6 is 15.9 Å². The fraction of sp³-hybridized carbons (Fsp3) is 0.167. The number of hydrogen-bond donors (Lipinski definition) is 1. The molecule has 0 bridgehead atoms. The Morgan fingerprint density at radius 2 is 1.51 bits per heavy atom. The lowest BCUT2D eigenvalue weighted by Crippen LogP contribution is -2.40. The number of esters is 1. The lowest BCUT2D eigenvalue weighted by Gasteiger charge is -2.24. The normalized spacial score (nSPS) is 13.5. The Kier molecular flexibility index (Phi) is 8.32. The molecule has 35 heavy (non-hydrogen) atoms. The summed E-state index contributed by atoms with van der Waals surface area (Å²) >= 11 is 3.18. The zero-order valence-corrected chi connectivity index (χ0v) is 20.3. The number of ether oxygens (including phenoxy) is 1. The summed E-state index contributed by atoms with van der Waals surface area (Å²) in [6.45, 7) is -0.689. The van der Waals surface area contributed by atoms with E-state index >= 15 is 0 Å². The second kappa shape index (κ2) is 11.0. The molecule has 182 valence electrons.